The second-order valence-corrected chi connectivity index (χ2v) is 3.34. The van der Waals surface area contributed by atoms with Crippen molar-refractivity contribution in [2.45, 2.75) is 38.7 Å². The summed E-state index contributed by atoms with van der Waals surface area (Å²) in [5.41, 5.74) is 0. The molecule has 0 amide bonds. The molecule has 1 N–H and O–H groups in total. The Morgan fingerprint density at radius 3 is 3.00 bits per heavy atom. The first kappa shape index (κ1) is 9.46. The van der Waals surface area contributed by atoms with Gasteiger partial charge in [0.25, 0.3) is 0 Å². The van der Waals surface area contributed by atoms with Crippen molar-refractivity contribution < 1.29 is 9.90 Å². The number of allylic oxidation sites excluding steroid dienone is 1. The molecule has 2 nitrogen and oxygen atoms in total. The number of ketones is 1. The maximum atomic E-state index is 11.2. The van der Waals surface area contributed by atoms with Crippen LogP contribution >= 0.6 is 0 Å². The molecule has 1 rings (SSSR count). The Kier molecular flexibility index (Phi) is 3.48. The van der Waals surface area contributed by atoms with Crippen molar-refractivity contribution in [2.75, 3.05) is 0 Å². The number of carbonyl (C=O) groups is 1. The van der Waals surface area contributed by atoms with Crippen LogP contribution < -0.4 is 0 Å². The van der Waals surface area contributed by atoms with Gasteiger partial charge in [0.15, 0.2) is 0 Å². The van der Waals surface area contributed by atoms with Crippen LogP contribution in [0.1, 0.15) is 32.6 Å². The van der Waals surface area contributed by atoms with E-state index in [-0.39, 0.29) is 11.7 Å². The van der Waals surface area contributed by atoms with Gasteiger partial charge in [0.2, 0.25) is 0 Å². The van der Waals surface area contributed by atoms with Crippen LogP contribution in [0.25, 0.3) is 0 Å². The first-order valence-electron chi connectivity index (χ1n) is 4.57. The summed E-state index contributed by atoms with van der Waals surface area (Å²) in [6, 6.07) is 0. The van der Waals surface area contributed by atoms with Gasteiger partial charge in [0, 0.05) is 12.3 Å². The van der Waals surface area contributed by atoms with E-state index in [0.29, 0.717) is 12.8 Å². The molecule has 0 aromatic rings. The fraction of sp³-hybridized carbons (Fsp3) is 0.700. The van der Waals surface area contributed by atoms with Crippen LogP contribution in [0, 0.1) is 5.92 Å². The summed E-state index contributed by atoms with van der Waals surface area (Å²) in [6.45, 7) is 1.92. The Bertz CT molecular complexity index is 184. The normalized spacial score (nSPS) is 26.8. The lowest BCUT2D eigenvalue weighted by Gasteiger charge is -2.13. The number of Topliss-reactive ketones (excluding diaryl/α,β-unsaturated/α-hetero) is 1. The third kappa shape index (κ3) is 2.18. The van der Waals surface area contributed by atoms with Crippen molar-refractivity contribution in [3.8, 4) is 0 Å². The van der Waals surface area contributed by atoms with E-state index >= 15 is 0 Å². The standard InChI is InChI=1S/C10H16O2/c1-2-3-6-9(11)8-5-4-7-10(8)12/h2-3,8-9,11H,4-7H2,1H3. The van der Waals surface area contributed by atoms with Gasteiger partial charge in [-0.25, -0.2) is 0 Å². The monoisotopic (exact) mass is 168 g/mol. The Morgan fingerprint density at radius 1 is 1.75 bits per heavy atom. The van der Waals surface area contributed by atoms with Crippen LogP contribution in [0.5, 0.6) is 0 Å². The van der Waals surface area contributed by atoms with Crippen LogP contribution in [-0.2, 0) is 4.79 Å². The van der Waals surface area contributed by atoms with Gasteiger partial charge < -0.3 is 5.11 Å². The molecule has 0 spiro atoms. The predicted octanol–water partition coefficient (Wildman–Crippen LogP) is 1.68. The van der Waals surface area contributed by atoms with Crippen molar-refractivity contribution in [1.82, 2.24) is 0 Å². The van der Waals surface area contributed by atoms with Gasteiger partial charge in [-0.15, -0.1) is 0 Å². The zero-order chi connectivity index (χ0) is 8.97. The molecule has 68 valence electrons. The van der Waals surface area contributed by atoms with Gasteiger partial charge in [-0.1, -0.05) is 12.2 Å². The quantitative estimate of drug-likeness (QED) is 0.651. The maximum absolute atomic E-state index is 11.2. The van der Waals surface area contributed by atoms with E-state index < -0.39 is 6.10 Å². The van der Waals surface area contributed by atoms with Crippen LogP contribution in [-0.4, -0.2) is 17.0 Å². The van der Waals surface area contributed by atoms with E-state index in [1.807, 2.05) is 19.1 Å². The van der Waals surface area contributed by atoms with Crippen LogP contribution in [0.3, 0.4) is 0 Å². The van der Waals surface area contributed by atoms with Crippen molar-refractivity contribution in [3.63, 3.8) is 0 Å². The average Bonchev–Trinajstić information content (AvgIpc) is 2.47. The van der Waals surface area contributed by atoms with Crippen LogP contribution in [0.4, 0.5) is 0 Å². The van der Waals surface area contributed by atoms with Crippen molar-refractivity contribution in [3.05, 3.63) is 12.2 Å². The molecule has 0 aromatic carbocycles. The Morgan fingerprint density at radius 2 is 2.50 bits per heavy atom. The van der Waals surface area contributed by atoms with Crippen molar-refractivity contribution in [1.29, 1.82) is 0 Å². The molecule has 2 heteroatoms. The highest BCUT2D eigenvalue weighted by atomic mass is 16.3. The van der Waals surface area contributed by atoms with Gasteiger partial charge in [0.1, 0.15) is 5.78 Å². The zero-order valence-corrected chi connectivity index (χ0v) is 7.49. The summed E-state index contributed by atoms with van der Waals surface area (Å²) in [5, 5.41) is 9.58. The Labute approximate surface area is 73.3 Å². The van der Waals surface area contributed by atoms with E-state index in [9.17, 15) is 9.90 Å². The summed E-state index contributed by atoms with van der Waals surface area (Å²) in [7, 11) is 0. The molecule has 0 bridgehead atoms. The molecule has 0 aromatic heterocycles. The number of aliphatic hydroxyl groups is 1. The highest BCUT2D eigenvalue weighted by Gasteiger charge is 2.29. The second kappa shape index (κ2) is 4.41. The summed E-state index contributed by atoms with van der Waals surface area (Å²) >= 11 is 0. The molecule has 12 heavy (non-hydrogen) atoms. The number of carbonyl (C=O) groups excluding carboxylic acids is 1. The third-order valence-corrected chi connectivity index (χ3v) is 2.43. The molecule has 1 aliphatic rings. The molecule has 0 heterocycles. The first-order valence-corrected chi connectivity index (χ1v) is 4.57. The lowest BCUT2D eigenvalue weighted by Crippen LogP contribution is -2.23. The summed E-state index contributed by atoms with van der Waals surface area (Å²) < 4.78 is 0. The molecule has 0 saturated heterocycles. The van der Waals surface area contributed by atoms with Gasteiger partial charge in [0.05, 0.1) is 6.10 Å². The topological polar surface area (TPSA) is 37.3 Å². The lowest BCUT2D eigenvalue weighted by atomic mass is 9.97. The minimum absolute atomic E-state index is 0.0822. The van der Waals surface area contributed by atoms with Gasteiger partial charge in [-0.05, 0) is 26.2 Å². The second-order valence-electron chi connectivity index (χ2n) is 3.34. The molecule has 0 radical (unpaired) electrons. The summed E-state index contributed by atoms with van der Waals surface area (Å²) in [4.78, 5) is 11.2. The first-order chi connectivity index (χ1) is 5.75. The fourth-order valence-corrected chi connectivity index (χ4v) is 1.69. The smallest absolute Gasteiger partial charge is 0.138 e. The zero-order valence-electron chi connectivity index (χ0n) is 7.49. The van der Waals surface area contributed by atoms with Crippen molar-refractivity contribution >= 4 is 5.78 Å². The summed E-state index contributed by atoms with van der Waals surface area (Å²) in [5.74, 6) is 0.160. The largest absolute Gasteiger partial charge is 0.392 e. The number of rotatable bonds is 3. The predicted molar refractivity (Wildman–Crippen MR) is 47.8 cm³/mol. The van der Waals surface area contributed by atoms with Crippen molar-refractivity contribution in [2.24, 2.45) is 5.92 Å². The minimum Gasteiger partial charge on any atom is -0.392 e. The molecule has 1 aliphatic carbocycles. The summed E-state index contributed by atoms with van der Waals surface area (Å²) in [6.07, 6.45) is 6.48. The van der Waals surface area contributed by atoms with E-state index in [2.05, 4.69) is 0 Å². The molecule has 0 aliphatic heterocycles. The van der Waals surface area contributed by atoms with E-state index in [0.717, 1.165) is 12.8 Å². The van der Waals surface area contributed by atoms with Gasteiger partial charge in [-0.3, -0.25) is 4.79 Å². The Hall–Kier alpha value is -0.630. The van der Waals surface area contributed by atoms with E-state index in [1.54, 1.807) is 0 Å². The molecular weight excluding hydrogens is 152 g/mol. The number of hydrogen-bond donors (Lipinski definition) is 1. The van der Waals surface area contributed by atoms with Crippen LogP contribution in [0.2, 0.25) is 0 Å². The van der Waals surface area contributed by atoms with Crippen LogP contribution in [0.15, 0.2) is 12.2 Å². The minimum atomic E-state index is -0.448. The van der Waals surface area contributed by atoms with E-state index in [1.165, 1.54) is 0 Å². The molecule has 1 saturated carbocycles. The fourth-order valence-electron chi connectivity index (χ4n) is 1.69. The highest BCUT2D eigenvalue weighted by molar-refractivity contribution is 5.83. The Balaban J connectivity index is 2.40. The average molecular weight is 168 g/mol. The highest BCUT2D eigenvalue weighted by Crippen LogP contribution is 2.25. The number of hydrogen-bond acceptors (Lipinski definition) is 2. The molecule has 1 fully saturated rings. The lowest BCUT2D eigenvalue weighted by molar-refractivity contribution is -0.123. The van der Waals surface area contributed by atoms with E-state index in [4.69, 9.17) is 0 Å². The van der Waals surface area contributed by atoms with Gasteiger partial charge in [-0.2, -0.15) is 0 Å². The number of aliphatic hydroxyl groups excluding tert-OH is 1. The SMILES string of the molecule is CC=CCC(O)C1CCCC1=O. The molecular formula is C10H16O2. The molecule has 2 atom stereocenters. The molecule has 2 unspecified atom stereocenters. The third-order valence-electron chi connectivity index (χ3n) is 2.43. The maximum Gasteiger partial charge on any atom is 0.138 e. The van der Waals surface area contributed by atoms with Gasteiger partial charge >= 0.3 is 0 Å².